The number of anilines is 6. The Balaban J connectivity index is 0.000000132. The van der Waals surface area contributed by atoms with Crippen molar-refractivity contribution < 1.29 is 52.1 Å². The Morgan fingerprint density at radius 2 is 0.635 bits per heavy atom. The number of nitrogens with zero attached hydrogens (tertiary/aromatic N) is 24. The fraction of sp³-hybridized carbons (Fsp3) is 0.510. The largest absolute Gasteiger partial charge is 0.491 e. The van der Waals surface area contributed by atoms with Crippen molar-refractivity contribution in [1.82, 2.24) is 93.3 Å². The number of ether oxygens (including phenoxy) is 11. The molecule has 0 radical (unpaired) electrons. The van der Waals surface area contributed by atoms with E-state index in [-0.39, 0.29) is 65.5 Å². The third-order valence-corrected chi connectivity index (χ3v) is 27.9. The molecule has 0 bridgehead atoms. The van der Waals surface area contributed by atoms with E-state index >= 15 is 0 Å². The first-order valence-electron chi connectivity index (χ1n) is 48.4. The Hall–Kier alpha value is -12.6. The molecule has 6 aromatic heterocycles. The maximum Gasteiger partial charge on any atom is 0.350 e. The average molecular weight is 1880 g/mol. The zero-order chi connectivity index (χ0) is 93.8. The molecule has 137 heavy (non-hydrogen) atoms. The van der Waals surface area contributed by atoms with Gasteiger partial charge in [-0.1, -0.05) is 27.2 Å². The van der Waals surface area contributed by atoms with Crippen LogP contribution in [0.2, 0.25) is 0 Å². The molecule has 9 fully saturated rings. The topological polar surface area (TPSA) is 345 Å². The molecule has 8 saturated heterocycles. The fourth-order valence-corrected chi connectivity index (χ4v) is 18.8. The van der Waals surface area contributed by atoms with Gasteiger partial charge in [-0.25, -0.2) is 42.1 Å². The normalized spacial score (nSPS) is 23.3. The molecule has 10 atom stereocenters. The van der Waals surface area contributed by atoms with Gasteiger partial charge in [0, 0.05) is 132 Å². The third kappa shape index (κ3) is 21.3. The highest BCUT2D eigenvalue weighted by Gasteiger charge is 2.54. The van der Waals surface area contributed by atoms with E-state index in [1.165, 1.54) is 17.8 Å². The SMILES string of the molecule is CCC(C)n1ncn(-c2ccc(N3CCN(c4ccc(OCC5COC(Cn6nccn6)(C6CCC6)O5)cc4)CC3)cc2)c1=O.CCC(C)n1ncn(-c2ccc(N3CCN(c4ccc(OCC5COC(Cn6nccn6)(C6CNCCO6)O5)cc4)CC3)cc2)c1=O.CCC(C)n1ncn(-c2ccc(N3CCN(c4ccc(OCC5COC(Cn6nccn6)(C6COC6)O5)cc4)CC3)cc2)c1=O. The number of morpholine rings is 1. The van der Waals surface area contributed by atoms with Crippen LogP contribution in [-0.4, -0.2) is 281 Å². The van der Waals surface area contributed by atoms with Crippen LogP contribution in [0, 0.1) is 11.8 Å². The molecule has 726 valence electrons. The summed E-state index contributed by atoms with van der Waals surface area (Å²) in [5, 5.41) is 41.7. The molecular weight excluding hydrogens is 1750 g/mol. The first kappa shape index (κ1) is 93.4. The smallest absolute Gasteiger partial charge is 0.350 e. The highest BCUT2D eigenvalue weighted by atomic mass is 16.8. The maximum absolute atomic E-state index is 12.8. The van der Waals surface area contributed by atoms with E-state index in [1.54, 1.807) is 98.3 Å². The third-order valence-electron chi connectivity index (χ3n) is 27.9. The highest BCUT2D eigenvalue weighted by Crippen LogP contribution is 2.45. The zero-order valence-electron chi connectivity index (χ0n) is 78.8. The molecule has 39 heteroatoms. The highest BCUT2D eigenvalue weighted by molar-refractivity contribution is 5.58. The minimum absolute atomic E-state index is 0.0717. The molecular formula is C98H125N25O14. The lowest BCUT2D eigenvalue weighted by Crippen LogP contribution is -2.56. The van der Waals surface area contributed by atoms with Crippen molar-refractivity contribution >= 4 is 34.1 Å². The Morgan fingerprint density at radius 3 is 0.905 bits per heavy atom. The molecule has 9 aliphatic rings. The lowest BCUT2D eigenvalue weighted by molar-refractivity contribution is -0.268. The van der Waals surface area contributed by atoms with Gasteiger partial charge < -0.3 is 86.8 Å². The Bertz CT molecular complexity index is 5730. The number of hydrogen-bond acceptors (Lipinski definition) is 30. The first-order chi connectivity index (χ1) is 67.0. The summed E-state index contributed by atoms with van der Waals surface area (Å²) < 4.78 is 77.3. The van der Waals surface area contributed by atoms with Crippen LogP contribution in [0.5, 0.6) is 17.2 Å². The molecule has 0 spiro atoms. The van der Waals surface area contributed by atoms with E-state index in [0.717, 1.165) is 174 Å². The predicted octanol–water partition coefficient (Wildman–Crippen LogP) is 8.78. The van der Waals surface area contributed by atoms with Gasteiger partial charge in [0.1, 0.15) is 100 Å². The second-order valence-corrected chi connectivity index (χ2v) is 36.5. The van der Waals surface area contributed by atoms with E-state index in [2.05, 4.69) is 174 Å². The minimum atomic E-state index is -0.981. The summed E-state index contributed by atoms with van der Waals surface area (Å²) in [6.45, 7) is 30.1. The summed E-state index contributed by atoms with van der Waals surface area (Å²) in [6.07, 6.45) is 19.9. The number of benzene rings is 6. The van der Waals surface area contributed by atoms with Gasteiger partial charge in [-0.15, -0.1) is 0 Å². The second kappa shape index (κ2) is 42.6. The molecule has 10 unspecified atom stereocenters. The van der Waals surface area contributed by atoms with Crippen LogP contribution in [0.15, 0.2) is 216 Å². The number of rotatable bonds is 33. The molecule has 1 aliphatic carbocycles. The lowest BCUT2D eigenvalue weighted by atomic mass is 9.78. The molecule has 12 aromatic rings. The zero-order valence-corrected chi connectivity index (χ0v) is 78.8. The summed E-state index contributed by atoms with van der Waals surface area (Å²) in [7, 11) is 0. The molecule has 6 aromatic carbocycles. The lowest BCUT2D eigenvalue weighted by Gasteiger charge is -2.40. The second-order valence-electron chi connectivity index (χ2n) is 36.5. The van der Waals surface area contributed by atoms with E-state index in [1.807, 2.05) is 93.6 Å². The molecule has 21 rings (SSSR count). The number of aromatic nitrogens is 18. The fourth-order valence-electron chi connectivity index (χ4n) is 18.8. The average Bonchev–Trinajstić information content (AvgIpc) is 1.64. The number of piperazine rings is 3. The predicted molar refractivity (Wildman–Crippen MR) is 513 cm³/mol. The van der Waals surface area contributed by atoms with E-state index in [0.29, 0.717) is 91.6 Å². The van der Waals surface area contributed by atoms with Gasteiger partial charge in [-0.2, -0.15) is 60.3 Å². The molecule has 8 aliphatic heterocycles. The van der Waals surface area contributed by atoms with Crippen molar-refractivity contribution in [3.05, 3.63) is 233 Å². The van der Waals surface area contributed by atoms with Gasteiger partial charge in [0.2, 0.25) is 5.79 Å². The maximum atomic E-state index is 12.8. The van der Waals surface area contributed by atoms with Crippen LogP contribution in [-0.2, 0) is 57.5 Å². The van der Waals surface area contributed by atoms with E-state index < -0.39 is 17.4 Å². The van der Waals surface area contributed by atoms with Crippen molar-refractivity contribution in [2.45, 2.75) is 160 Å². The Kier molecular flexibility index (Phi) is 29.0. The summed E-state index contributed by atoms with van der Waals surface area (Å²) >= 11 is 0. The van der Waals surface area contributed by atoms with Gasteiger partial charge in [0.25, 0.3) is 0 Å². The van der Waals surface area contributed by atoms with Gasteiger partial charge in [0.15, 0.2) is 11.6 Å². The Labute approximate surface area is 795 Å². The van der Waals surface area contributed by atoms with Crippen molar-refractivity contribution in [3.63, 3.8) is 0 Å². The van der Waals surface area contributed by atoms with Gasteiger partial charge in [0.05, 0.1) is 118 Å². The number of nitrogens with one attached hydrogen (secondary N) is 1. The molecule has 14 heterocycles. The van der Waals surface area contributed by atoms with Gasteiger partial charge in [-0.3, -0.25) is 0 Å². The van der Waals surface area contributed by atoms with Crippen LogP contribution in [0.25, 0.3) is 17.1 Å². The molecule has 1 saturated carbocycles. The molecule has 0 amide bonds. The van der Waals surface area contributed by atoms with E-state index in [9.17, 15) is 14.4 Å². The van der Waals surface area contributed by atoms with Gasteiger partial charge >= 0.3 is 17.1 Å². The van der Waals surface area contributed by atoms with Crippen LogP contribution >= 0.6 is 0 Å². The van der Waals surface area contributed by atoms with Crippen LogP contribution in [0.4, 0.5) is 34.1 Å². The first-order valence-corrected chi connectivity index (χ1v) is 48.4. The monoisotopic (exact) mass is 1880 g/mol. The summed E-state index contributed by atoms with van der Waals surface area (Å²) in [4.78, 5) is 57.5. The van der Waals surface area contributed by atoms with Crippen LogP contribution < -0.4 is 66.0 Å². The number of hydrogen-bond donors (Lipinski definition) is 1. The standard InChI is InChI=1S/C33H43N9O5.C33H42N8O4.C32H40N8O5/c1-3-25(2)42-32(43)40(24-37-42)28-6-4-26(5-7-28)38-15-17-39(18-16-38)27-8-10-29(11-9-27)45-21-30-22-46-33(47-30,23-41-35-12-13-36-41)31-20-34-14-19-44-31;1-3-25(2)41-32(42)39(24-36-41)29-9-7-27(8-10-29)37-17-19-38(20-18-37)28-11-13-30(14-12-28)43-21-31-22-44-33(45-31,26-5-4-6-26)23-40-34-15-16-35-40;1-3-24(2)40-31(41)38(23-35-40)28-6-4-26(5-7-28)36-14-16-37(17-15-36)27-8-10-29(11-9-27)43-20-30-21-44-32(45-30,25-18-42-19-25)22-39-33-12-13-34-39/h4-13,24-25,30-31,34H,3,14-23H2,1-2H3;7-16,24-26,31H,3-6,17-23H2,1-2H3;4-13,23-25,30H,3,14-22H2,1-2H3. The van der Waals surface area contributed by atoms with Crippen molar-refractivity contribution in [3.8, 4) is 34.3 Å². The molecule has 39 nitrogen and oxygen atoms in total. The quantitative estimate of drug-likeness (QED) is 0.0401. The molecule has 1 N–H and O–H groups in total. The van der Waals surface area contributed by atoms with E-state index in [4.69, 9.17) is 52.1 Å². The van der Waals surface area contributed by atoms with Crippen molar-refractivity contribution in [2.75, 3.05) is 180 Å². The summed E-state index contributed by atoms with van der Waals surface area (Å²) in [5.41, 5.74) is 9.13. The summed E-state index contributed by atoms with van der Waals surface area (Å²) in [5.74, 6) is 0.468. The minimum Gasteiger partial charge on any atom is -0.491 e. The Morgan fingerprint density at radius 1 is 0.358 bits per heavy atom. The van der Waals surface area contributed by atoms with Crippen molar-refractivity contribution in [1.29, 1.82) is 0 Å². The van der Waals surface area contributed by atoms with Crippen LogP contribution in [0.1, 0.15) is 98.2 Å². The van der Waals surface area contributed by atoms with Crippen molar-refractivity contribution in [2.24, 2.45) is 11.8 Å². The van der Waals surface area contributed by atoms with Crippen LogP contribution in [0.3, 0.4) is 0 Å². The summed E-state index contributed by atoms with van der Waals surface area (Å²) in [6, 6.07) is 49.5. The van der Waals surface area contributed by atoms with Gasteiger partial charge in [-0.05, 0) is 198 Å².